The number of carbonyl (C=O) groups excluding carboxylic acids is 2. The third-order valence-corrected chi connectivity index (χ3v) is 3.48. The Labute approximate surface area is 110 Å². The summed E-state index contributed by atoms with van der Waals surface area (Å²) in [5.74, 6) is -0.377. The van der Waals surface area contributed by atoms with Gasteiger partial charge in [0.25, 0.3) is 0 Å². The zero-order valence-electron chi connectivity index (χ0n) is 11.1. The van der Waals surface area contributed by atoms with Gasteiger partial charge in [0.05, 0.1) is 12.7 Å². The number of ketones is 2. The normalized spacial score (nSPS) is 21.6. The van der Waals surface area contributed by atoms with Gasteiger partial charge in [-0.3, -0.25) is 9.59 Å². The van der Waals surface area contributed by atoms with E-state index < -0.39 is 0 Å². The molecule has 0 radical (unpaired) electrons. The molecule has 0 N–H and O–H groups in total. The number of rotatable bonds is 2. The molecule has 0 saturated carbocycles. The minimum atomic E-state index is -0.310. The van der Waals surface area contributed by atoms with Crippen LogP contribution in [0, 0.1) is 6.92 Å². The van der Waals surface area contributed by atoms with E-state index in [-0.39, 0.29) is 29.1 Å². The predicted molar refractivity (Wildman–Crippen MR) is 67.8 cm³/mol. The number of allylic oxidation sites excluding steroid dienone is 2. The van der Waals surface area contributed by atoms with Crippen LogP contribution in [0.5, 0.6) is 0 Å². The highest BCUT2D eigenvalue weighted by Crippen LogP contribution is 2.34. The lowest BCUT2D eigenvalue weighted by atomic mass is 9.95. The van der Waals surface area contributed by atoms with E-state index in [1.54, 1.807) is 19.1 Å². The minimum Gasteiger partial charge on any atom is -0.491 e. The van der Waals surface area contributed by atoms with Crippen molar-refractivity contribution in [1.29, 1.82) is 0 Å². The molecule has 2 aliphatic rings. The highest BCUT2D eigenvalue weighted by molar-refractivity contribution is 6.25. The van der Waals surface area contributed by atoms with Crippen molar-refractivity contribution in [2.24, 2.45) is 0 Å². The molecular weight excluding hydrogens is 244 g/mol. The van der Waals surface area contributed by atoms with Crippen molar-refractivity contribution in [2.45, 2.75) is 19.9 Å². The first-order valence-corrected chi connectivity index (χ1v) is 6.16. The lowest BCUT2D eigenvalue weighted by Gasteiger charge is -2.20. The Balaban J connectivity index is 2.18. The fraction of sp³-hybridized carbons (Fsp3) is 0.357. The smallest absolute Gasteiger partial charge is 0.248 e. The van der Waals surface area contributed by atoms with Crippen LogP contribution in [-0.2, 0) is 4.74 Å². The second kappa shape index (κ2) is 3.91. The van der Waals surface area contributed by atoms with Crippen LogP contribution in [0.15, 0.2) is 23.6 Å². The minimum absolute atomic E-state index is 0.111. The largest absolute Gasteiger partial charge is 0.491 e. The molecule has 19 heavy (non-hydrogen) atoms. The third kappa shape index (κ3) is 1.65. The van der Waals surface area contributed by atoms with E-state index >= 15 is 0 Å². The van der Waals surface area contributed by atoms with Gasteiger partial charge in [-0.05, 0) is 26.0 Å². The van der Waals surface area contributed by atoms with Crippen molar-refractivity contribution in [1.82, 2.24) is 9.88 Å². The van der Waals surface area contributed by atoms with Crippen LogP contribution < -0.4 is 0 Å². The number of hydrogen-bond acceptors (Lipinski definition) is 5. The fourth-order valence-electron chi connectivity index (χ4n) is 2.36. The highest BCUT2D eigenvalue weighted by Gasteiger charge is 2.43. The summed E-state index contributed by atoms with van der Waals surface area (Å²) >= 11 is 0. The number of carbonyl (C=O) groups is 2. The van der Waals surface area contributed by atoms with Gasteiger partial charge in [0.2, 0.25) is 11.6 Å². The summed E-state index contributed by atoms with van der Waals surface area (Å²) < 4.78 is 5.16. The van der Waals surface area contributed by atoms with Crippen molar-refractivity contribution in [3.8, 4) is 0 Å². The van der Waals surface area contributed by atoms with Crippen molar-refractivity contribution in [3.05, 3.63) is 40.5 Å². The van der Waals surface area contributed by atoms with Gasteiger partial charge in [-0.2, -0.15) is 0 Å². The maximum absolute atomic E-state index is 12.5. The maximum atomic E-state index is 12.5. The Hall–Kier alpha value is -2.17. The maximum Gasteiger partial charge on any atom is 0.248 e. The summed E-state index contributed by atoms with van der Waals surface area (Å²) in [7, 11) is 1.41. The van der Waals surface area contributed by atoms with Gasteiger partial charge in [-0.25, -0.2) is 4.98 Å². The summed E-state index contributed by atoms with van der Waals surface area (Å²) in [5.41, 5.74) is 1.64. The molecular formula is C14H14N2O3. The summed E-state index contributed by atoms with van der Waals surface area (Å²) in [6.45, 7) is 4.56. The van der Waals surface area contributed by atoms with Gasteiger partial charge in [-0.15, -0.1) is 0 Å². The van der Waals surface area contributed by atoms with E-state index in [2.05, 4.69) is 4.98 Å². The molecule has 1 unspecified atom stereocenters. The highest BCUT2D eigenvalue weighted by atomic mass is 16.5. The number of methoxy groups -OCH3 is 1. The van der Waals surface area contributed by atoms with Crippen LogP contribution in [0.4, 0.5) is 0 Å². The van der Waals surface area contributed by atoms with Gasteiger partial charge in [-0.1, -0.05) is 0 Å². The first-order chi connectivity index (χ1) is 9.04. The summed E-state index contributed by atoms with van der Waals surface area (Å²) in [4.78, 5) is 30.9. The van der Waals surface area contributed by atoms with E-state index in [9.17, 15) is 9.59 Å². The zero-order chi connectivity index (χ0) is 13.7. The average Bonchev–Trinajstić information content (AvgIpc) is 3.10. The van der Waals surface area contributed by atoms with Gasteiger partial charge in [0.1, 0.15) is 11.4 Å². The summed E-state index contributed by atoms with van der Waals surface area (Å²) in [5, 5.41) is 0. The second-order valence-corrected chi connectivity index (χ2v) is 4.89. The number of pyridine rings is 1. The molecule has 2 heterocycles. The predicted octanol–water partition coefficient (Wildman–Crippen LogP) is 1.33. The number of ether oxygens (including phenoxy) is 1. The SMILES string of the molecule is COC1=C(N2CC2C)C(=O)c2ccc(C)nc2C1=O. The van der Waals surface area contributed by atoms with Gasteiger partial charge < -0.3 is 9.64 Å². The van der Waals surface area contributed by atoms with Crippen LogP contribution >= 0.6 is 0 Å². The zero-order valence-corrected chi connectivity index (χ0v) is 11.1. The van der Waals surface area contributed by atoms with E-state index in [0.717, 1.165) is 6.54 Å². The molecule has 98 valence electrons. The van der Waals surface area contributed by atoms with E-state index in [0.29, 0.717) is 17.0 Å². The van der Waals surface area contributed by atoms with Crippen molar-refractivity contribution in [2.75, 3.05) is 13.7 Å². The monoisotopic (exact) mass is 258 g/mol. The van der Waals surface area contributed by atoms with Crippen LogP contribution in [0.25, 0.3) is 0 Å². The van der Waals surface area contributed by atoms with E-state index in [1.165, 1.54) is 7.11 Å². The number of aryl methyl sites for hydroxylation is 1. The Kier molecular flexibility index (Phi) is 2.45. The van der Waals surface area contributed by atoms with Crippen molar-refractivity contribution in [3.63, 3.8) is 0 Å². The molecule has 0 bridgehead atoms. The Morgan fingerprint density at radius 2 is 2.00 bits per heavy atom. The standard InChI is InChI=1S/C14H14N2O3/c1-7-4-5-9-10(15-7)13(18)14(19-3)11(12(9)17)16-6-8(16)2/h4-5,8H,6H2,1-3H3. The van der Waals surface area contributed by atoms with Gasteiger partial charge >= 0.3 is 0 Å². The molecule has 3 rings (SSSR count). The molecule has 1 aliphatic heterocycles. The summed E-state index contributed by atoms with van der Waals surface area (Å²) in [6.07, 6.45) is 0. The number of fused-ring (bicyclic) bond motifs is 1. The van der Waals surface area contributed by atoms with Crippen LogP contribution in [0.3, 0.4) is 0 Å². The van der Waals surface area contributed by atoms with E-state index in [4.69, 9.17) is 4.74 Å². The molecule has 5 heteroatoms. The molecule has 1 fully saturated rings. The van der Waals surface area contributed by atoms with Gasteiger partial charge in [0, 0.05) is 18.3 Å². The van der Waals surface area contributed by atoms with Crippen molar-refractivity contribution < 1.29 is 14.3 Å². The first kappa shape index (κ1) is 11.9. The topological polar surface area (TPSA) is 59.3 Å². The molecule has 0 amide bonds. The lowest BCUT2D eigenvalue weighted by molar-refractivity contribution is 0.0884. The molecule has 1 atom stereocenters. The molecule has 0 spiro atoms. The fourth-order valence-corrected chi connectivity index (χ4v) is 2.36. The third-order valence-electron chi connectivity index (χ3n) is 3.48. The van der Waals surface area contributed by atoms with Crippen LogP contribution in [0.2, 0.25) is 0 Å². The Morgan fingerprint density at radius 1 is 1.32 bits per heavy atom. The van der Waals surface area contributed by atoms with Gasteiger partial charge in [0.15, 0.2) is 5.76 Å². The molecule has 5 nitrogen and oxygen atoms in total. The Bertz CT molecular complexity index is 634. The molecule has 1 aromatic heterocycles. The quantitative estimate of drug-likeness (QED) is 0.749. The second-order valence-electron chi connectivity index (χ2n) is 4.89. The number of Topliss-reactive ketones (excluding diaryl/α,β-unsaturated/α-hetero) is 2. The summed E-state index contributed by atoms with van der Waals surface area (Å²) in [6, 6.07) is 3.68. The van der Waals surface area contributed by atoms with Crippen LogP contribution in [0.1, 0.15) is 33.5 Å². The molecule has 1 aromatic rings. The van der Waals surface area contributed by atoms with E-state index in [1.807, 2.05) is 11.8 Å². The molecule has 0 aromatic carbocycles. The molecule has 1 aliphatic carbocycles. The van der Waals surface area contributed by atoms with Crippen LogP contribution in [-0.4, -0.2) is 41.1 Å². The number of aromatic nitrogens is 1. The lowest BCUT2D eigenvalue weighted by Crippen LogP contribution is -2.28. The average molecular weight is 258 g/mol. The first-order valence-electron chi connectivity index (χ1n) is 6.16. The van der Waals surface area contributed by atoms with Crippen molar-refractivity contribution >= 4 is 11.6 Å². The molecule has 1 saturated heterocycles. The number of nitrogens with zero attached hydrogens (tertiary/aromatic N) is 2. The Morgan fingerprint density at radius 3 is 2.58 bits per heavy atom. The number of hydrogen-bond donors (Lipinski definition) is 0.